The first-order chi connectivity index (χ1) is 6.79. The van der Waals surface area contributed by atoms with Gasteiger partial charge in [-0.3, -0.25) is 0 Å². The van der Waals surface area contributed by atoms with Crippen molar-refractivity contribution < 1.29 is 9.90 Å². The second-order valence-electron chi connectivity index (χ2n) is 2.74. The zero-order valence-electron chi connectivity index (χ0n) is 7.72. The van der Waals surface area contributed by atoms with Crippen LogP contribution >= 0.6 is 11.8 Å². The van der Waals surface area contributed by atoms with Gasteiger partial charge in [-0.15, -0.1) is 0 Å². The van der Waals surface area contributed by atoms with Crippen LogP contribution in [-0.4, -0.2) is 16.8 Å². The standard InChI is InChI=1S/C11H12O2S/c12-11(13)7-4-8-14-9-10-5-2-1-3-6-10/h1-7H,8-9H2,(H,12,13)/b7-4+. The normalized spacial score (nSPS) is 10.6. The Balaban J connectivity index is 2.19. The molecule has 14 heavy (non-hydrogen) atoms. The van der Waals surface area contributed by atoms with Gasteiger partial charge in [-0.2, -0.15) is 11.8 Å². The molecule has 0 spiro atoms. The minimum Gasteiger partial charge on any atom is -0.478 e. The van der Waals surface area contributed by atoms with Crippen molar-refractivity contribution >= 4 is 17.7 Å². The van der Waals surface area contributed by atoms with Crippen LogP contribution in [0.2, 0.25) is 0 Å². The van der Waals surface area contributed by atoms with E-state index < -0.39 is 5.97 Å². The fourth-order valence-electron chi connectivity index (χ4n) is 0.968. The van der Waals surface area contributed by atoms with Crippen LogP contribution in [0.5, 0.6) is 0 Å². The first-order valence-electron chi connectivity index (χ1n) is 4.30. The molecule has 0 fully saturated rings. The van der Waals surface area contributed by atoms with E-state index in [1.807, 2.05) is 18.2 Å². The second kappa shape index (κ2) is 6.27. The molecule has 0 aliphatic heterocycles. The fourth-order valence-corrected chi connectivity index (χ4v) is 1.75. The third kappa shape index (κ3) is 4.72. The highest BCUT2D eigenvalue weighted by atomic mass is 32.2. The van der Waals surface area contributed by atoms with Crippen LogP contribution in [0.1, 0.15) is 5.56 Å². The van der Waals surface area contributed by atoms with E-state index in [2.05, 4.69) is 12.1 Å². The van der Waals surface area contributed by atoms with Crippen LogP contribution < -0.4 is 0 Å². The summed E-state index contributed by atoms with van der Waals surface area (Å²) in [4.78, 5) is 10.1. The van der Waals surface area contributed by atoms with Gasteiger partial charge in [0.25, 0.3) is 0 Å². The Morgan fingerprint density at radius 3 is 2.71 bits per heavy atom. The van der Waals surface area contributed by atoms with E-state index in [1.54, 1.807) is 17.8 Å². The van der Waals surface area contributed by atoms with Gasteiger partial charge in [0.2, 0.25) is 0 Å². The summed E-state index contributed by atoms with van der Waals surface area (Å²) in [6.45, 7) is 0. The van der Waals surface area contributed by atoms with Crippen LogP contribution in [0.25, 0.3) is 0 Å². The summed E-state index contributed by atoms with van der Waals surface area (Å²) in [5.74, 6) is 0.775. The molecule has 0 saturated heterocycles. The molecular weight excluding hydrogens is 196 g/mol. The van der Waals surface area contributed by atoms with Gasteiger partial charge in [0, 0.05) is 17.6 Å². The first kappa shape index (κ1) is 10.9. The Morgan fingerprint density at radius 2 is 2.07 bits per heavy atom. The number of hydrogen-bond donors (Lipinski definition) is 1. The molecule has 0 atom stereocenters. The van der Waals surface area contributed by atoms with Crippen molar-refractivity contribution in [3.8, 4) is 0 Å². The molecule has 2 nitrogen and oxygen atoms in total. The van der Waals surface area contributed by atoms with Crippen molar-refractivity contribution in [1.29, 1.82) is 0 Å². The van der Waals surface area contributed by atoms with Crippen molar-refractivity contribution in [3.05, 3.63) is 48.0 Å². The average molecular weight is 208 g/mol. The van der Waals surface area contributed by atoms with Crippen molar-refractivity contribution in [1.82, 2.24) is 0 Å². The SMILES string of the molecule is O=C(O)/C=C/CSCc1ccccc1. The molecule has 0 heterocycles. The highest BCUT2D eigenvalue weighted by Gasteiger charge is 1.90. The number of aliphatic carboxylic acids is 1. The molecule has 74 valence electrons. The summed E-state index contributed by atoms with van der Waals surface area (Å²) in [5, 5.41) is 8.33. The number of carboxylic acid groups (broad SMARTS) is 1. The maximum Gasteiger partial charge on any atom is 0.328 e. The predicted molar refractivity (Wildman–Crippen MR) is 59.4 cm³/mol. The lowest BCUT2D eigenvalue weighted by molar-refractivity contribution is -0.131. The summed E-state index contributed by atoms with van der Waals surface area (Å²) in [5.41, 5.74) is 1.27. The van der Waals surface area contributed by atoms with Crippen molar-refractivity contribution in [2.24, 2.45) is 0 Å². The highest BCUT2D eigenvalue weighted by Crippen LogP contribution is 2.11. The molecule has 0 aliphatic rings. The van der Waals surface area contributed by atoms with Crippen LogP contribution in [0.4, 0.5) is 0 Å². The first-order valence-corrected chi connectivity index (χ1v) is 5.45. The van der Waals surface area contributed by atoms with Gasteiger partial charge in [0.15, 0.2) is 0 Å². The van der Waals surface area contributed by atoms with E-state index in [9.17, 15) is 4.79 Å². The molecule has 0 amide bonds. The molecule has 0 unspecified atom stereocenters. The number of hydrogen-bond acceptors (Lipinski definition) is 2. The summed E-state index contributed by atoms with van der Waals surface area (Å²) in [6.07, 6.45) is 2.84. The van der Waals surface area contributed by atoms with E-state index in [0.717, 1.165) is 11.5 Å². The molecule has 0 aliphatic carbocycles. The van der Waals surface area contributed by atoms with Gasteiger partial charge in [0.05, 0.1) is 0 Å². The Kier molecular flexibility index (Phi) is 4.86. The summed E-state index contributed by atoms with van der Waals surface area (Å²) < 4.78 is 0. The van der Waals surface area contributed by atoms with Crippen LogP contribution in [-0.2, 0) is 10.5 Å². The summed E-state index contributed by atoms with van der Waals surface area (Å²) in [6, 6.07) is 10.1. The molecule has 1 aromatic carbocycles. The maximum absolute atomic E-state index is 10.1. The quantitative estimate of drug-likeness (QED) is 0.597. The third-order valence-corrected chi connectivity index (χ3v) is 2.55. The lowest BCUT2D eigenvalue weighted by atomic mass is 10.2. The number of rotatable bonds is 5. The van der Waals surface area contributed by atoms with Gasteiger partial charge >= 0.3 is 5.97 Å². The van der Waals surface area contributed by atoms with E-state index >= 15 is 0 Å². The molecular formula is C11H12O2S. The van der Waals surface area contributed by atoms with Gasteiger partial charge in [0.1, 0.15) is 0 Å². The van der Waals surface area contributed by atoms with E-state index in [1.165, 1.54) is 11.6 Å². The lowest BCUT2D eigenvalue weighted by Gasteiger charge is -1.97. The Morgan fingerprint density at radius 1 is 1.36 bits per heavy atom. The Hall–Kier alpha value is -1.22. The Labute approximate surface area is 87.6 Å². The van der Waals surface area contributed by atoms with Crippen molar-refractivity contribution in [2.75, 3.05) is 5.75 Å². The van der Waals surface area contributed by atoms with Crippen LogP contribution in [0, 0.1) is 0 Å². The van der Waals surface area contributed by atoms with Crippen LogP contribution in [0.3, 0.4) is 0 Å². The van der Waals surface area contributed by atoms with Gasteiger partial charge in [-0.05, 0) is 5.56 Å². The monoisotopic (exact) mass is 208 g/mol. The topological polar surface area (TPSA) is 37.3 Å². The number of thioether (sulfide) groups is 1. The largest absolute Gasteiger partial charge is 0.478 e. The molecule has 0 aromatic heterocycles. The Bertz CT molecular complexity index is 306. The van der Waals surface area contributed by atoms with Crippen molar-refractivity contribution in [3.63, 3.8) is 0 Å². The number of carbonyl (C=O) groups is 1. The number of carboxylic acids is 1. The number of benzene rings is 1. The second-order valence-corrected chi connectivity index (χ2v) is 3.77. The van der Waals surface area contributed by atoms with E-state index in [4.69, 9.17) is 5.11 Å². The smallest absolute Gasteiger partial charge is 0.328 e. The molecule has 1 aromatic rings. The maximum atomic E-state index is 10.1. The van der Waals surface area contributed by atoms with Gasteiger partial charge in [-0.25, -0.2) is 4.79 Å². The van der Waals surface area contributed by atoms with Gasteiger partial charge in [-0.1, -0.05) is 36.4 Å². The average Bonchev–Trinajstić information content (AvgIpc) is 2.18. The molecule has 1 N–H and O–H groups in total. The molecule has 0 radical (unpaired) electrons. The minimum atomic E-state index is -0.884. The van der Waals surface area contributed by atoms with Crippen LogP contribution in [0.15, 0.2) is 42.5 Å². The summed E-state index contributed by atoms with van der Waals surface area (Å²) in [7, 11) is 0. The lowest BCUT2D eigenvalue weighted by Crippen LogP contribution is -1.86. The van der Waals surface area contributed by atoms with E-state index in [0.29, 0.717) is 0 Å². The fraction of sp³-hybridized carbons (Fsp3) is 0.182. The van der Waals surface area contributed by atoms with Gasteiger partial charge < -0.3 is 5.11 Å². The zero-order valence-corrected chi connectivity index (χ0v) is 8.54. The molecule has 0 saturated carbocycles. The highest BCUT2D eigenvalue weighted by molar-refractivity contribution is 7.98. The predicted octanol–water partition coefficient (Wildman–Crippen LogP) is 2.56. The zero-order chi connectivity index (χ0) is 10.2. The summed E-state index contributed by atoms with van der Waals surface area (Å²) >= 11 is 1.70. The molecule has 3 heteroatoms. The minimum absolute atomic E-state index is 0.737. The van der Waals surface area contributed by atoms with E-state index in [-0.39, 0.29) is 0 Å². The molecule has 1 rings (SSSR count). The molecule has 0 bridgehead atoms. The van der Waals surface area contributed by atoms with Crippen molar-refractivity contribution in [2.45, 2.75) is 5.75 Å². The third-order valence-electron chi connectivity index (χ3n) is 1.59.